The summed E-state index contributed by atoms with van der Waals surface area (Å²) in [7, 11) is 0. The van der Waals surface area contributed by atoms with E-state index >= 15 is 0 Å². The maximum Gasteiger partial charge on any atom is 0.0506 e. The molecule has 2 heteroatoms. The average molecular weight is 210 g/mol. The molecule has 0 radical (unpaired) electrons. The van der Waals surface area contributed by atoms with Crippen molar-refractivity contribution in [2.24, 2.45) is 5.73 Å². The molecular weight excluding hydrogens is 196 g/mol. The molecule has 0 spiro atoms. The van der Waals surface area contributed by atoms with Gasteiger partial charge in [0.1, 0.15) is 0 Å². The third kappa shape index (κ3) is 1.42. The molecule has 2 aromatic rings. The van der Waals surface area contributed by atoms with Gasteiger partial charge in [-0.2, -0.15) is 0 Å². The van der Waals surface area contributed by atoms with Crippen LogP contribution >= 0.6 is 0 Å². The number of aromatic nitrogens is 1. The second-order valence-electron chi connectivity index (χ2n) is 4.52. The van der Waals surface area contributed by atoms with Crippen LogP contribution in [-0.2, 0) is 18.4 Å². The van der Waals surface area contributed by atoms with E-state index < -0.39 is 0 Å². The van der Waals surface area contributed by atoms with Gasteiger partial charge >= 0.3 is 0 Å². The lowest BCUT2D eigenvalue weighted by Gasteiger charge is -2.23. The highest BCUT2D eigenvalue weighted by atomic mass is 14.8. The fraction of sp³-hybridized carbons (Fsp3) is 0.214. The normalized spacial score (nSPS) is 17.1. The molecule has 2 N–H and O–H groups in total. The number of nitrogens with zero attached hydrogens (tertiary/aromatic N) is 1. The van der Waals surface area contributed by atoms with Crippen LogP contribution in [0.3, 0.4) is 0 Å². The highest BCUT2D eigenvalue weighted by molar-refractivity contribution is 5.40. The van der Waals surface area contributed by atoms with E-state index in [1.165, 1.54) is 11.1 Å². The molecule has 1 heterocycles. The first kappa shape index (κ1) is 9.55. The van der Waals surface area contributed by atoms with Crippen molar-refractivity contribution in [1.29, 1.82) is 0 Å². The molecule has 0 atom stereocenters. The van der Waals surface area contributed by atoms with Crippen LogP contribution in [0.2, 0.25) is 0 Å². The molecule has 0 aliphatic heterocycles. The summed E-state index contributed by atoms with van der Waals surface area (Å²) in [6, 6.07) is 12.5. The van der Waals surface area contributed by atoms with Gasteiger partial charge in [-0.05, 0) is 35.6 Å². The van der Waals surface area contributed by atoms with Crippen LogP contribution in [-0.4, -0.2) is 4.98 Å². The van der Waals surface area contributed by atoms with Crippen LogP contribution in [0.15, 0.2) is 48.8 Å². The van der Waals surface area contributed by atoms with Gasteiger partial charge in [0.2, 0.25) is 0 Å². The van der Waals surface area contributed by atoms with Gasteiger partial charge in [0.25, 0.3) is 0 Å². The Bertz CT molecular complexity index is 480. The van der Waals surface area contributed by atoms with Crippen molar-refractivity contribution >= 4 is 0 Å². The molecule has 0 unspecified atom stereocenters. The Morgan fingerprint density at radius 2 is 1.69 bits per heavy atom. The van der Waals surface area contributed by atoms with Crippen molar-refractivity contribution in [1.82, 2.24) is 4.98 Å². The van der Waals surface area contributed by atoms with Crippen LogP contribution in [0.1, 0.15) is 16.7 Å². The Labute approximate surface area is 95.1 Å². The van der Waals surface area contributed by atoms with Gasteiger partial charge in [0, 0.05) is 12.4 Å². The Hall–Kier alpha value is -1.67. The Morgan fingerprint density at radius 1 is 1.00 bits per heavy atom. The summed E-state index contributed by atoms with van der Waals surface area (Å²) in [5.41, 5.74) is 10.1. The summed E-state index contributed by atoms with van der Waals surface area (Å²) >= 11 is 0. The van der Waals surface area contributed by atoms with Gasteiger partial charge in [0.15, 0.2) is 0 Å². The first-order chi connectivity index (χ1) is 7.78. The Kier molecular flexibility index (Phi) is 2.04. The molecule has 1 aromatic heterocycles. The van der Waals surface area contributed by atoms with E-state index in [0.29, 0.717) is 0 Å². The number of pyridine rings is 1. The van der Waals surface area contributed by atoms with Crippen molar-refractivity contribution in [3.05, 3.63) is 65.5 Å². The summed E-state index contributed by atoms with van der Waals surface area (Å²) in [4.78, 5) is 4.16. The SMILES string of the molecule is NC1(c2cccnc2)Cc2ccccc2C1. The van der Waals surface area contributed by atoms with Crippen LogP contribution in [0, 0.1) is 0 Å². The molecule has 1 aliphatic rings. The second kappa shape index (κ2) is 3.42. The average Bonchev–Trinajstić information content (AvgIpc) is 2.68. The topological polar surface area (TPSA) is 38.9 Å². The number of rotatable bonds is 1. The highest BCUT2D eigenvalue weighted by Crippen LogP contribution is 2.34. The zero-order valence-corrected chi connectivity index (χ0v) is 9.06. The molecule has 0 fully saturated rings. The molecule has 1 aromatic carbocycles. The fourth-order valence-electron chi connectivity index (χ4n) is 2.51. The van der Waals surface area contributed by atoms with Gasteiger partial charge in [-0.3, -0.25) is 4.98 Å². The van der Waals surface area contributed by atoms with Gasteiger partial charge < -0.3 is 5.73 Å². The standard InChI is InChI=1S/C14H14N2/c15-14(13-6-3-7-16-10-13)8-11-4-1-2-5-12(11)9-14/h1-7,10H,8-9,15H2. The summed E-state index contributed by atoms with van der Waals surface area (Å²) in [6.07, 6.45) is 5.49. The highest BCUT2D eigenvalue weighted by Gasteiger charge is 2.34. The lowest BCUT2D eigenvalue weighted by molar-refractivity contribution is 0.471. The quantitative estimate of drug-likeness (QED) is 0.782. The molecular formula is C14H14N2. The Balaban J connectivity index is 2.01. The van der Waals surface area contributed by atoms with Crippen molar-refractivity contribution < 1.29 is 0 Å². The molecule has 1 aliphatic carbocycles. The maximum absolute atomic E-state index is 6.49. The van der Waals surface area contributed by atoms with Gasteiger partial charge in [-0.25, -0.2) is 0 Å². The van der Waals surface area contributed by atoms with E-state index in [-0.39, 0.29) is 5.54 Å². The number of nitrogens with two attached hydrogens (primary N) is 1. The van der Waals surface area contributed by atoms with Crippen molar-refractivity contribution in [2.75, 3.05) is 0 Å². The number of hydrogen-bond acceptors (Lipinski definition) is 2. The minimum Gasteiger partial charge on any atom is -0.321 e. The number of hydrogen-bond donors (Lipinski definition) is 1. The second-order valence-corrected chi connectivity index (χ2v) is 4.52. The van der Waals surface area contributed by atoms with E-state index in [9.17, 15) is 0 Å². The molecule has 2 nitrogen and oxygen atoms in total. The van der Waals surface area contributed by atoms with Crippen LogP contribution < -0.4 is 5.73 Å². The van der Waals surface area contributed by atoms with Crippen molar-refractivity contribution in [3.8, 4) is 0 Å². The van der Waals surface area contributed by atoms with E-state index in [1.54, 1.807) is 6.20 Å². The maximum atomic E-state index is 6.49. The van der Waals surface area contributed by atoms with Crippen LogP contribution in [0.25, 0.3) is 0 Å². The van der Waals surface area contributed by atoms with Crippen molar-refractivity contribution in [2.45, 2.75) is 18.4 Å². The third-order valence-corrected chi connectivity index (χ3v) is 3.37. The number of fused-ring (bicyclic) bond motifs is 1. The molecule has 0 saturated heterocycles. The lowest BCUT2D eigenvalue weighted by Crippen LogP contribution is -2.37. The molecule has 16 heavy (non-hydrogen) atoms. The van der Waals surface area contributed by atoms with E-state index in [0.717, 1.165) is 18.4 Å². The summed E-state index contributed by atoms with van der Waals surface area (Å²) in [6.45, 7) is 0. The van der Waals surface area contributed by atoms with Gasteiger partial charge in [-0.1, -0.05) is 30.3 Å². The zero-order valence-electron chi connectivity index (χ0n) is 9.06. The molecule has 0 saturated carbocycles. The van der Waals surface area contributed by atoms with Crippen LogP contribution in [0.4, 0.5) is 0 Å². The molecule has 3 rings (SSSR count). The summed E-state index contributed by atoms with van der Waals surface area (Å²) in [5.74, 6) is 0. The molecule has 0 bridgehead atoms. The monoisotopic (exact) mass is 210 g/mol. The lowest BCUT2D eigenvalue weighted by atomic mass is 9.89. The van der Waals surface area contributed by atoms with E-state index in [2.05, 4.69) is 35.3 Å². The predicted octanol–water partition coefficient (Wildman–Crippen LogP) is 2.03. The summed E-state index contributed by atoms with van der Waals surface area (Å²) in [5, 5.41) is 0. The minimum atomic E-state index is -0.266. The molecule has 80 valence electrons. The Morgan fingerprint density at radius 3 is 2.25 bits per heavy atom. The van der Waals surface area contributed by atoms with Crippen LogP contribution in [0.5, 0.6) is 0 Å². The third-order valence-electron chi connectivity index (χ3n) is 3.37. The van der Waals surface area contributed by atoms with Gasteiger partial charge in [0.05, 0.1) is 5.54 Å². The summed E-state index contributed by atoms with van der Waals surface area (Å²) < 4.78 is 0. The number of benzene rings is 1. The smallest absolute Gasteiger partial charge is 0.0506 e. The largest absolute Gasteiger partial charge is 0.321 e. The zero-order chi connectivity index (χ0) is 11.0. The van der Waals surface area contributed by atoms with Gasteiger partial charge in [-0.15, -0.1) is 0 Å². The van der Waals surface area contributed by atoms with E-state index in [4.69, 9.17) is 5.73 Å². The van der Waals surface area contributed by atoms with Crippen molar-refractivity contribution in [3.63, 3.8) is 0 Å². The first-order valence-electron chi connectivity index (χ1n) is 5.54. The predicted molar refractivity (Wildman–Crippen MR) is 64.0 cm³/mol. The fourth-order valence-corrected chi connectivity index (χ4v) is 2.51. The molecule has 0 amide bonds. The first-order valence-corrected chi connectivity index (χ1v) is 5.54. The minimum absolute atomic E-state index is 0.266. The van der Waals surface area contributed by atoms with E-state index in [1.807, 2.05) is 12.3 Å².